The smallest absolute Gasteiger partial charge is 0.267 e. The molecule has 0 saturated carbocycles. The van der Waals surface area contributed by atoms with Crippen LogP contribution in [0.2, 0.25) is 0 Å². The van der Waals surface area contributed by atoms with E-state index in [1.807, 2.05) is 30.3 Å². The van der Waals surface area contributed by atoms with Crippen LogP contribution < -0.4 is 10.5 Å². The molecule has 3 atom stereocenters. The van der Waals surface area contributed by atoms with Gasteiger partial charge in [-0.3, -0.25) is 9.89 Å². The van der Waals surface area contributed by atoms with Crippen molar-refractivity contribution in [3.8, 4) is 5.75 Å². The summed E-state index contributed by atoms with van der Waals surface area (Å²) in [6.07, 6.45) is 1.18. The fourth-order valence-electron chi connectivity index (χ4n) is 4.53. The number of sulfone groups is 1. The van der Waals surface area contributed by atoms with Crippen LogP contribution in [-0.2, 0) is 43.2 Å². The third-order valence-corrected chi connectivity index (χ3v) is 10.1. The average Bonchev–Trinajstić information content (AvgIpc) is 3.55. The van der Waals surface area contributed by atoms with Crippen molar-refractivity contribution in [2.75, 3.05) is 12.4 Å². The molecule has 3 N–H and O–H groups in total. The quantitative estimate of drug-likeness (QED) is 0.339. The first kappa shape index (κ1) is 27.8. The van der Waals surface area contributed by atoms with Crippen LogP contribution in [0.1, 0.15) is 30.7 Å². The summed E-state index contributed by atoms with van der Waals surface area (Å²) in [7, 11) is -8.18. The Labute approximate surface area is 223 Å². The molecule has 0 spiro atoms. The molecule has 1 amide bonds. The van der Waals surface area contributed by atoms with Gasteiger partial charge in [0.25, 0.3) is 10.0 Å². The molecule has 2 heterocycles. The average molecular weight is 561 g/mol. The third-order valence-electron chi connectivity index (χ3n) is 6.55. The van der Waals surface area contributed by atoms with Crippen molar-refractivity contribution in [2.24, 2.45) is 17.6 Å². The Morgan fingerprint density at radius 2 is 1.84 bits per heavy atom. The lowest BCUT2D eigenvalue weighted by molar-refractivity contribution is -0.131. The number of carbonyl (C=O) groups is 1. The third kappa shape index (κ3) is 6.25. The minimum absolute atomic E-state index is 0.0926. The van der Waals surface area contributed by atoms with Gasteiger partial charge in [0.15, 0.2) is 9.84 Å². The van der Waals surface area contributed by atoms with Gasteiger partial charge in [-0.05, 0) is 47.7 Å². The second-order valence-corrected chi connectivity index (χ2v) is 13.6. The van der Waals surface area contributed by atoms with Crippen LogP contribution in [0.15, 0.2) is 65.7 Å². The van der Waals surface area contributed by atoms with Gasteiger partial charge in [0, 0.05) is 12.6 Å². The van der Waals surface area contributed by atoms with E-state index in [0.29, 0.717) is 35.2 Å². The first-order valence-electron chi connectivity index (χ1n) is 12.3. The second-order valence-electron chi connectivity index (χ2n) is 9.70. The second kappa shape index (κ2) is 11.3. The van der Waals surface area contributed by atoms with Gasteiger partial charge in [-0.1, -0.05) is 44.2 Å². The number of sulfonamides is 1. The zero-order chi connectivity index (χ0) is 27.5. The number of rotatable bonds is 11. The van der Waals surface area contributed by atoms with E-state index in [9.17, 15) is 21.6 Å². The van der Waals surface area contributed by atoms with Crippen molar-refractivity contribution < 1.29 is 26.4 Å². The zero-order valence-electron chi connectivity index (χ0n) is 21.3. The highest BCUT2D eigenvalue weighted by atomic mass is 32.2. The number of ether oxygens (including phenoxy) is 1. The molecule has 0 saturated heterocycles. The Hall–Kier alpha value is -3.22. The number of hydrogen-bond acceptors (Lipinski definition) is 8. The fourth-order valence-corrected chi connectivity index (χ4v) is 7.89. The number of nitrogens with one attached hydrogen (secondary N) is 1. The molecule has 1 unspecified atom stereocenters. The molecule has 4 rings (SSSR count). The lowest BCUT2D eigenvalue weighted by Gasteiger charge is -2.34. The molecule has 12 heteroatoms. The van der Waals surface area contributed by atoms with Crippen LogP contribution in [0.25, 0.3) is 0 Å². The van der Waals surface area contributed by atoms with Crippen LogP contribution in [0.3, 0.4) is 0 Å². The predicted octanol–water partition coefficient (Wildman–Crippen LogP) is 2.28. The Balaban J connectivity index is 1.64. The number of amides is 1. The van der Waals surface area contributed by atoms with Gasteiger partial charge < -0.3 is 10.5 Å². The molecule has 10 nitrogen and oxygen atoms in total. The van der Waals surface area contributed by atoms with Crippen LogP contribution in [0, 0.1) is 11.8 Å². The van der Waals surface area contributed by atoms with E-state index in [1.54, 1.807) is 13.0 Å². The van der Waals surface area contributed by atoms with Crippen molar-refractivity contribution in [2.45, 2.75) is 43.5 Å². The van der Waals surface area contributed by atoms with E-state index in [0.717, 1.165) is 11.1 Å². The summed E-state index contributed by atoms with van der Waals surface area (Å²) >= 11 is 0. The molecule has 0 radical (unpaired) electrons. The van der Waals surface area contributed by atoms with Gasteiger partial charge in [0.2, 0.25) is 5.91 Å². The van der Waals surface area contributed by atoms with E-state index in [4.69, 9.17) is 10.5 Å². The first-order valence-corrected chi connectivity index (χ1v) is 15.6. The zero-order valence-corrected chi connectivity index (χ0v) is 22.9. The maximum atomic E-state index is 13.9. The summed E-state index contributed by atoms with van der Waals surface area (Å²) in [6.45, 7) is 3.62. The Morgan fingerprint density at radius 3 is 2.53 bits per heavy atom. The van der Waals surface area contributed by atoms with E-state index in [-0.39, 0.29) is 10.6 Å². The number of fused-ring (bicyclic) bond motifs is 1. The number of nitrogens with zero attached hydrogens (tertiary/aromatic N) is 2. The molecule has 1 aromatic heterocycles. The number of aromatic amines is 1. The summed E-state index contributed by atoms with van der Waals surface area (Å²) in [5, 5.41) is 6.34. The monoisotopic (exact) mass is 560 g/mol. The summed E-state index contributed by atoms with van der Waals surface area (Å²) < 4.78 is 59.6. The Morgan fingerprint density at radius 1 is 1.11 bits per heavy atom. The number of H-pyrrole nitrogens is 1. The van der Waals surface area contributed by atoms with Gasteiger partial charge in [-0.25, -0.2) is 21.1 Å². The van der Waals surface area contributed by atoms with Crippen LogP contribution >= 0.6 is 0 Å². The van der Waals surface area contributed by atoms with Gasteiger partial charge in [0.1, 0.15) is 5.75 Å². The summed E-state index contributed by atoms with van der Waals surface area (Å²) in [5.41, 5.74) is 8.53. The summed E-state index contributed by atoms with van der Waals surface area (Å²) in [5.74, 6) is -2.79. The number of nitrogens with two attached hydrogens (primary N) is 1. The van der Waals surface area contributed by atoms with Crippen LogP contribution in [0.4, 0.5) is 0 Å². The molecule has 1 aliphatic rings. The molecular weight excluding hydrogens is 528 g/mol. The lowest BCUT2D eigenvalue weighted by atomic mass is 9.98. The highest BCUT2D eigenvalue weighted by Gasteiger charge is 2.40. The minimum Gasteiger partial charge on any atom is -0.493 e. The molecule has 0 bridgehead atoms. The standard InChI is InChI=1S/C26H32N4O6S2/c1-18(14-20-6-4-3-5-7-20)25(27)30(38(34,35)23-8-9-24-21(15-23)11-13-36-24)26(31)19(2)16-37(32,33)17-22-10-12-28-29-22/h3-10,12,15,18-19,25H,11,13-14,16-17,27H2,1-2H3,(H,28,29)/t18-,19?,25-/m0/s1. The molecule has 38 heavy (non-hydrogen) atoms. The Kier molecular flexibility index (Phi) is 8.24. The number of aromatic nitrogens is 2. The van der Waals surface area contributed by atoms with Crippen molar-refractivity contribution >= 4 is 25.8 Å². The molecule has 3 aromatic rings. The van der Waals surface area contributed by atoms with Gasteiger partial charge in [0.05, 0.1) is 40.8 Å². The Bertz CT molecular complexity index is 1480. The number of benzene rings is 2. The molecule has 1 aliphatic heterocycles. The minimum atomic E-state index is -4.42. The highest BCUT2D eigenvalue weighted by molar-refractivity contribution is 7.90. The number of hydrogen-bond donors (Lipinski definition) is 2. The maximum Gasteiger partial charge on any atom is 0.267 e. The lowest BCUT2D eigenvalue weighted by Crippen LogP contribution is -2.55. The predicted molar refractivity (Wildman–Crippen MR) is 142 cm³/mol. The molecule has 0 aliphatic carbocycles. The maximum absolute atomic E-state index is 13.9. The molecular formula is C26H32N4O6S2. The number of carbonyl (C=O) groups excluding carboxylic acids is 1. The van der Waals surface area contributed by atoms with Gasteiger partial charge >= 0.3 is 0 Å². The summed E-state index contributed by atoms with van der Waals surface area (Å²) in [6, 6.07) is 15.4. The molecule has 204 valence electrons. The summed E-state index contributed by atoms with van der Waals surface area (Å²) in [4.78, 5) is 13.6. The van der Waals surface area contributed by atoms with E-state index < -0.39 is 49.5 Å². The molecule has 2 aromatic carbocycles. The SMILES string of the molecule is CC(CS(=O)(=O)Cc1ccn[nH]1)C(=O)N([C@H](N)[C@@H](C)Cc1ccccc1)S(=O)(=O)c1ccc2c(c1)CCO2. The van der Waals surface area contributed by atoms with Crippen LogP contribution in [0.5, 0.6) is 5.75 Å². The normalized spacial score (nSPS) is 15.8. The largest absolute Gasteiger partial charge is 0.493 e. The topological polar surface area (TPSA) is 153 Å². The van der Waals surface area contributed by atoms with Crippen molar-refractivity contribution in [3.05, 3.63) is 77.6 Å². The first-order chi connectivity index (χ1) is 18.0. The fraction of sp³-hybridized carbons (Fsp3) is 0.385. The van der Waals surface area contributed by atoms with Crippen molar-refractivity contribution in [3.63, 3.8) is 0 Å². The van der Waals surface area contributed by atoms with Gasteiger partial charge in [-0.2, -0.15) is 5.10 Å². The van der Waals surface area contributed by atoms with Gasteiger partial charge in [-0.15, -0.1) is 0 Å². The van der Waals surface area contributed by atoms with Crippen LogP contribution in [-0.4, -0.2) is 55.8 Å². The van der Waals surface area contributed by atoms with E-state index >= 15 is 0 Å². The van der Waals surface area contributed by atoms with E-state index in [1.165, 1.54) is 31.3 Å². The van der Waals surface area contributed by atoms with Crippen molar-refractivity contribution in [1.29, 1.82) is 0 Å². The highest BCUT2D eigenvalue weighted by Crippen LogP contribution is 2.31. The molecule has 0 fully saturated rings. The van der Waals surface area contributed by atoms with E-state index in [2.05, 4.69) is 10.2 Å². The van der Waals surface area contributed by atoms with Crippen molar-refractivity contribution in [1.82, 2.24) is 14.5 Å².